The maximum Gasteiger partial charge on any atom is 0.495 e. The Morgan fingerprint density at radius 1 is 0.500 bits per heavy atom. The Morgan fingerprint density at radius 2 is 0.976 bits per heavy atom. The van der Waals surface area contributed by atoms with Crippen LogP contribution in [-0.4, -0.2) is 26.4 Å². The second-order valence-corrected chi connectivity index (χ2v) is 16.7. The Hall–Kier alpha value is -3.70. The van der Waals surface area contributed by atoms with Crippen LogP contribution in [0.4, 0.5) is 0 Å². The van der Waals surface area contributed by atoms with E-state index in [0.717, 1.165) is 5.46 Å². The standard InChI is InChI=1S/C38H37BO2Si/c1-26-18-22-28(23-19-26)42(29-24-20-27(2)21-25-29)34-16-10-8-13-32(34)36-31(14-11-17-35(36)42)30-12-7-9-15-33(30)39-40-37(3,4)38(5,6)41-39/h7-25H,1-6H3. The Labute approximate surface area is 251 Å². The smallest absolute Gasteiger partial charge is 0.399 e. The van der Waals surface area contributed by atoms with Crippen LogP contribution < -0.4 is 26.2 Å². The van der Waals surface area contributed by atoms with Gasteiger partial charge in [-0.1, -0.05) is 126 Å². The van der Waals surface area contributed by atoms with Crippen molar-refractivity contribution in [3.05, 3.63) is 126 Å². The third-order valence-corrected chi connectivity index (χ3v) is 14.7. The number of aryl methyl sites for hydroxylation is 2. The van der Waals surface area contributed by atoms with Crippen LogP contribution in [0.2, 0.25) is 0 Å². The molecule has 2 heterocycles. The molecule has 2 aliphatic rings. The number of hydrogen-bond donors (Lipinski definition) is 0. The second-order valence-electron chi connectivity index (χ2n) is 12.9. The molecule has 2 aliphatic heterocycles. The van der Waals surface area contributed by atoms with Crippen molar-refractivity contribution in [2.24, 2.45) is 0 Å². The summed E-state index contributed by atoms with van der Waals surface area (Å²) in [6.45, 7) is 12.8. The summed E-state index contributed by atoms with van der Waals surface area (Å²) >= 11 is 0. The molecule has 0 spiro atoms. The van der Waals surface area contributed by atoms with Crippen molar-refractivity contribution in [1.29, 1.82) is 0 Å². The lowest BCUT2D eigenvalue weighted by molar-refractivity contribution is 0.00578. The van der Waals surface area contributed by atoms with Crippen LogP contribution in [0.1, 0.15) is 38.8 Å². The van der Waals surface area contributed by atoms with Gasteiger partial charge in [-0.05, 0) is 90.0 Å². The number of benzene rings is 5. The van der Waals surface area contributed by atoms with Crippen molar-refractivity contribution in [1.82, 2.24) is 0 Å². The molecule has 0 saturated carbocycles. The van der Waals surface area contributed by atoms with E-state index in [2.05, 4.69) is 157 Å². The molecule has 5 aromatic rings. The van der Waals surface area contributed by atoms with Gasteiger partial charge in [0.1, 0.15) is 0 Å². The maximum atomic E-state index is 6.59. The lowest BCUT2D eigenvalue weighted by Gasteiger charge is -2.32. The van der Waals surface area contributed by atoms with Crippen LogP contribution in [0.15, 0.2) is 115 Å². The summed E-state index contributed by atoms with van der Waals surface area (Å²) in [6.07, 6.45) is 0. The predicted molar refractivity (Wildman–Crippen MR) is 180 cm³/mol. The first-order valence-corrected chi connectivity index (χ1v) is 17.0. The first-order valence-electron chi connectivity index (χ1n) is 15.0. The highest BCUT2D eigenvalue weighted by atomic mass is 28.3. The molecule has 0 unspecified atom stereocenters. The van der Waals surface area contributed by atoms with Gasteiger partial charge in [-0.2, -0.15) is 0 Å². The van der Waals surface area contributed by atoms with Crippen molar-refractivity contribution >= 4 is 41.4 Å². The summed E-state index contributed by atoms with van der Waals surface area (Å²) in [5, 5.41) is 5.73. The van der Waals surface area contributed by atoms with E-state index in [0.29, 0.717) is 0 Å². The molecule has 4 heteroatoms. The summed E-state index contributed by atoms with van der Waals surface area (Å²) in [6, 6.07) is 43.3. The Kier molecular flexibility index (Phi) is 6.25. The van der Waals surface area contributed by atoms with Gasteiger partial charge in [-0.3, -0.25) is 0 Å². The van der Waals surface area contributed by atoms with Crippen LogP contribution in [0.3, 0.4) is 0 Å². The molecule has 208 valence electrons. The maximum absolute atomic E-state index is 6.59. The normalized spacial score (nSPS) is 17.6. The van der Waals surface area contributed by atoms with E-state index < -0.39 is 26.4 Å². The Balaban J connectivity index is 1.53. The molecule has 42 heavy (non-hydrogen) atoms. The van der Waals surface area contributed by atoms with Crippen LogP contribution in [0, 0.1) is 13.8 Å². The van der Waals surface area contributed by atoms with Gasteiger partial charge < -0.3 is 9.31 Å². The molecule has 7 rings (SSSR count). The predicted octanol–water partition coefficient (Wildman–Crippen LogP) is 5.63. The van der Waals surface area contributed by atoms with E-state index in [1.54, 1.807) is 0 Å². The number of hydrogen-bond acceptors (Lipinski definition) is 2. The molecule has 0 radical (unpaired) electrons. The molecule has 1 saturated heterocycles. The van der Waals surface area contributed by atoms with E-state index in [1.807, 2.05) is 0 Å². The zero-order chi connectivity index (χ0) is 29.3. The highest BCUT2D eigenvalue weighted by Crippen LogP contribution is 2.40. The molecule has 5 aromatic carbocycles. The average Bonchev–Trinajstić information content (AvgIpc) is 3.41. The van der Waals surface area contributed by atoms with Crippen LogP contribution in [-0.2, 0) is 9.31 Å². The van der Waals surface area contributed by atoms with Crippen molar-refractivity contribution in [3.8, 4) is 22.3 Å². The topological polar surface area (TPSA) is 18.5 Å². The molecule has 0 aromatic heterocycles. The van der Waals surface area contributed by atoms with Crippen molar-refractivity contribution < 1.29 is 9.31 Å². The molecule has 0 aliphatic carbocycles. The van der Waals surface area contributed by atoms with Crippen LogP contribution in [0.5, 0.6) is 0 Å². The molecule has 0 amide bonds. The third kappa shape index (κ3) is 3.93. The van der Waals surface area contributed by atoms with E-state index in [4.69, 9.17) is 9.31 Å². The quantitative estimate of drug-likeness (QED) is 0.259. The van der Waals surface area contributed by atoms with Crippen molar-refractivity contribution in [2.45, 2.75) is 52.7 Å². The van der Waals surface area contributed by atoms with Gasteiger partial charge in [-0.25, -0.2) is 0 Å². The van der Waals surface area contributed by atoms with Crippen LogP contribution >= 0.6 is 0 Å². The first kappa shape index (κ1) is 27.2. The SMILES string of the molecule is Cc1ccc([Si]2(c3ccc(C)cc3)c3ccccc3-c3c(-c4ccccc4B4OC(C)(C)C(C)(C)O4)cccc32)cc1. The molecular weight excluding hydrogens is 527 g/mol. The average molecular weight is 565 g/mol. The molecule has 0 bridgehead atoms. The number of fused-ring (bicyclic) bond motifs is 3. The lowest BCUT2D eigenvalue weighted by Crippen LogP contribution is -2.72. The highest BCUT2D eigenvalue weighted by molar-refractivity contribution is 7.22. The molecular formula is C38H37BO2Si. The minimum Gasteiger partial charge on any atom is -0.399 e. The zero-order valence-electron chi connectivity index (χ0n) is 25.4. The fourth-order valence-corrected chi connectivity index (χ4v) is 12.0. The van der Waals surface area contributed by atoms with Crippen molar-refractivity contribution in [3.63, 3.8) is 0 Å². The summed E-state index contributed by atoms with van der Waals surface area (Å²) in [5.41, 5.74) is 7.89. The van der Waals surface area contributed by atoms with E-state index in [-0.39, 0.29) is 0 Å². The lowest BCUT2D eigenvalue weighted by atomic mass is 9.73. The van der Waals surface area contributed by atoms with E-state index >= 15 is 0 Å². The zero-order valence-corrected chi connectivity index (χ0v) is 26.4. The first-order chi connectivity index (χ1) is 20.1. The van der Waals surface area contributed by atoms with Gasteiger partial charge in [0.05, 0.1) is 11.2 Å². The summed E-state index contributed by atoms with van der Waals surface area (Å²) in [4.78, 5) is 0. The number of rotatable bonds is 4. The third-order valence-electron chi connectivity index (χ3n) is 9.80. The Bertz CT molecular complexity index is 1740. The van der Waals surface area contributed by atoms with Gasteiger partial charge in [0.25, 0.3) is 0 Å². The van der Waals surface area contributed by atoms with E-state index in [9.17, 15) is 0 Å². The van der Waals surface area contributed by atoms with Gasteiger partial charge in [0, 0.05) is 0 Å². The summed E-state index contributed by atoms with van der Waals surface area (Å²) in [5.74, 6) is 0. The minimum atomic E-state index is -2.59. The molecule has 0 N–H and O–H groups in total. The highest BCUT2D eigenvalue weighted by Gasteiger charge is 2.53. The monoisotopic (exact) mass is 564 g/mol. The van der Waals surface area contributed by atoms with E-state index in [1.165, 1.54) is 54.1 Å². The Morgan fingerprint density at radius 3 is 1.57 bits per heavy atom. The van der Waals surface area contributed by atoms with Gasteiger partial charge in [0.2, 0.25) is 0 Å². The largest absolute Gasteiger partial charge is 0.495 e. The van der Waals surface area contributed by atoms with Gasteiger partial charge in [-0.15, -0.1) is 0 Å². The fraction of sp³-hybridized carbons (Fsp3) is 0.211. The minimum absolute atomic E-state index is 0.408. The summed E-state index contributed by atoms with van der Waals surface area (Å²) < 4.78 is 13.2. The fourth-order valence-electron chi connectivity index (χ4n) is 6.87. The van der Waals surface area contributed by atoms with Crippen molar-refractivity contribution in [2.75, 3.05) is 0 Å². The molecule has 1 fully saturated rings. The van der Waals surface area contributed by atoms with Gasteiger partial charge in [0.15, 0.2) is 8.07 Å². The molecule has 2 nitrogen and oxygen atoms in total. The second kappa shape index (κ2) is 9.67. The van der Waals surface area contributed by atoms with Gasteiger partial charge >= 0.3 is 7.12 Å². The molecule has 0 atom stereocenters. The van der Waals surface area contributed by atoms with Crippen LogP contribution in [0.25, 0.3) is 22.3 Å². The summed E-state index contributed by atoms with van der Waals surface area (Å²) in [7, 11) is -3.03.